The molecule has 6 nitrogen and oxygen atoms in total. The number of halogens is 1. The van der Waals surface area contributed by atoms with E-state index >= 15 is 0 Å². The largest absolute Gasteiger partial charge is 0.481 e. The van der Waals surface area contributed by atoms with Gasteiger partial charge in [-0.3, -0.25) is 9.59 Å². The van der Waals surface area contributed by atoms with Crippen molar-refractivity contribution in [1.29, 1.82) is 0 Å². The molecular weight excluding hydrogens is 301 g/mol. The van der Waals surface area contributed by atoms with E-state index in [0.717, 1.165) is 12.8 Å². The molecule has 0 bridgehead atoms. The predicted octanol–water partition coefficient (Wildman–Crippen LogP) is 2.17. The van der Waals surface area contributed by atoms with E-state index in [-0.39, 0.29) is 11.5 Å². The summed E-state index contributed by atoms with van der Waals surface area (Å²) in [4.78, 5) is 26.4. The van der Waals surface area contributed by atoms with Gasteiger partial charge >= 0.3 is 5.97 Å². The molecule has 1 aromatic heterocycles. The van der Waals surface area contributed by atoms with Gasteiger partial charge in [0.25, 0.3) is 5.91 Å². The third-order valence-electron chi connectivity index (χ3n) is 4.63. The van der Waals surface area contributed by atoms with Crippen molar-refractivity contribution in [1.82, 2.24) is 9.55 Å². The van der Waals surface area contributed by atoms with Crippen molar-refractivity contribution in [2.24, 2.45) is 17.6 Å². The number of amides is 1. The topological polar surface area (TPSA) is 98.2 Å². The van der Waals surface area contributed by atoms with Gasteiger partial charge in [0.15, 0.2) is 0 Å². The summed E-state index contributed by atoms with van der Waals surface area (Å²) in [5.41, 5.74) is 6.19. The molecule has 7 heteroatoms. The molecule has 1 saturated carbocycles. The number of imidazole rings is 1. The number of nitrogens with two attached hydrogens (primary N) is 1. The number of carboxylic acids is 1. The fraction of sp³-hybridized carbons (Fsp3) is 0.438. The first-order chi connectivity index (χ1) is 11.0. The van der Waals surface area contributed by atoms with Gasteiger partial charge in [0, 0.05) is 12.6 Å². The van der Waals surface area contributed by atoms with Crippen LogP contribution in [0, 0.1) is 17.7 Å². The Balaban J connectivity index is 1.80. The highest BCUT2D eigenvalue weighted by molar-refractivity contribution is 5.96. The van der Waals surface area contributed by atoms with Crippen LogP contribution in [0.3, 0.4) is 0 Å². The molecule has 1 heterocycles. The van der Waals surface area contributed by atoms with Gasteiger partial charge in [-0.2, -0.15) is 0 Å². The summed E-state index contributed by atoms with van der Waals surface area (Å²) in [5.74, 6) is -2.10. The second kappa shape index (κ2) is 5.98. The fourth-order valence-corrected chi connectivity index (χ4v) is 3.28. The maximum atomic E-state index is 13.8. The van der Waals surface area contributed by atoms with Crippen molar-refractivity contribution in [2.75, 3.05) is 0 Å². The summed E-state index contributed by atoms with van der Waals surface area (Å²) in [7, 11) is 0. The average molecular weight is 319 g/mol. The normalized spacial score (nSPS) is 21.4. The Bertz CT molecular complexity index is 763. The lowest BCUT2D eigenvalue weighted by atomic mass is 9.82. The molecule has 3 N–H and O–H groups in total. The second-order valence-electron chi connectivity index (χ2n) is 6.14. The number of aliphatic carboxylic acids is 1. The van der Waals surface area contributed by atoms with E-state index in [0.29, 0.717) is 36.3 Å². The Labute approximate surface area is 132 Å². The van der Waals surface area contributed by atoms with Crippen LogP contribution in [0.2, 0.25) is 0 Å². The number of primary amides is 1. The van der Waals surface area contributed by atoms with Crippen molar-refractivity contribution in [2.45, 2.75) is 32.2 Å². The quantitative estimate of drug-likeness (QED) is 0.902. The summed E-state index contributed by atoms with van der Waals surface area (Å²) < 4.78 is 15.6. The second-order valence-corrected chi connectivity index (χ2v) is 6.14. The summed E-state index contributed by atoms with van der Waals surface area (Å²) in [6, 6.07) is 2.65. The molecule has 0 aliphatic heterocycles. The maximum absolute atomic E-state index is 13.8. The third kappa shape index (κ3) is 3.04. The Hall–Kier alpha value is -2.44. The molecule has 1 amide bonds. The monoisotopic (exact) mass is 319 g/mol. The highest BCUT2D eigenvalue weighted by Gasteiger charge is 2.26. The van der Waals surface area contributed by atoms with E-state index in [1.54, 1.807) is 6.33 Å². The summed E-state index contributed by atoms with van der Waals surface area (Å²) in [6.45, 7) is 0.673. The van der Waals surface area contributed by atoms with Crippen molar-refractivity contribution >= 4 is 22.9 Å². The van der Waals surface area contributed by atoms with Crippen LogP contribution in [-0.2, 0) is 11.3 Å². The minimum Gasteiger partial charge on any atom is -0.481 e. The first kappa shape index (κ1) is 15.5. The third-order valence-corrected chi connectivity index (χ3v) is 4.63. The predicted molar refractivity (Wildman–Crippen MR) is 81.3 cm³/mol. The first-order valence-corrected chi connectivity index (χ1v) is 7.62. The number of aromatic nitrogens is 2. The van der Waals surface area contributed by atoms with Crippen molar-refractivity contribution in [3.05, 3.63) is 29.8 Å². The zero-order valence-electron chi connectivity index (χ0n) is 12.5. The van der Waals surface area contributed by atoms with Gasteiger partial charge < -0.3 is 15.4 Å². The van der Waals surface area contributed by atoms with Crippen LogP contribution in [0.15, 0.2) is 18.5 Å². The number of carboxylic acid groups (broad SMARTS) is 1. The molecule has 122 valence electrons. The molecule has 3 rings (SSSR count). The molecular formula is C16H18FN3O3. The zero-order chi connectivity index (χ0) is 16.6. The van der Waals surface area contributed by atoms with Crippen molar-refractivity contribution in [3.8, 4) is 0 Å². The van der Waals surface area contributed by atoms with Crippen LogP contribution in [-0.4, -0.2) is 26.5 Å². The average Bonchev–Trinajstić information content (AvgIpc) is 2.88. The molecule has 0 radical (unpaired) electrons. The van der Waals surface area contributed by atoms with E-state index in [1.165, 1.54) is 12.1 Å². The summed E-state index contributed by atoms with van der Waals surface area (Å²) >= 11 is 0. The molecule has 0 unspecified atom stereocenters. The Morgan fingerprint density at radius 1 is 1.30 bits per heavy atom. The SMILES string of the molecule is NC(=O)c1cc2c(cc1F)ncn2CC1CCC(C(=O)O)CC1. The fourth-order valence-electron chi connectivity index (χ4n) is 3.28. The minimum atomic E-state index is -0.806. The van der Waals surface area contributed by atoms with Crippen LogP contribution < -0.4 is 5.73 Å². The van der Waals surface area contributed by atoms with Gasteiger partial charge in [-0.25, -0.2) is 9.37 Å². The number of hydrogen-bond donors (Lipinski definition) is 2. The molecule has 0 saturated heterocycles. The maximum Gasteiger partial charge on any atom is 0.306 e. The van der Waals surface area contributed by atoms with E-state index in [1.807, 2.05) is 4.57 Å². The van der Waals surface area contributed by atoms with E-state index in [9.17, 15) is 14.0 Å². The number of hydrogen-bond acceptors (Lipinski definition) is 3. The number of carbonyl (C=O) groups is 2. The number of rotatable bonds is 4. The van der Waals surface area contributed by atoms with Gasteiger partial charge in [0.05, 0.1) is 28.8 Å². The number of benzene rings is 1. The Morgan fingerprint density at radius 2 is 2.00 bits per heavy atom. The molecule has 0 spiro atoms. The van der Waals surface area contributed by atoms with Crippen LogP contribution in [0.25, 0.3) is 11.0 Å². The lowest BCUT2D eigenvalue weighted by Crippen LogP contribution is -2.23. The van der Waals surface area contributed by atoms with E-state index in [4.69, 9.17) is 10.8 Å². The Kier molecular flexibility index (Phi) is 4.02. The lowest BCUT2D eigenvalue weighted by Gasteiger charge is -2.26. The van der Waals surface area contributed by atoms with E-state index in [2.05, 4.69) is 4.98 Å². The molecule has 1 aliphatic rings. The van der Waals surface area contributed by atoms with Crippen LogP contribution >= 0.6 is 0 Å². The molecule has 23 heavy (non-hydrogen) atoms. The van der Waals surface area contributed by atoms with Gasteiger partial charge in [-0.05, 0) is 37.7 Å². The zero-order valence-corrected chi connectivity index (χ0v) is 12.5. The standard InChI is InChI=1S/C16H18FN3O3/c17-12-6-13-14(5-11(12)15(18)21)20(8-19-13)7-9-1-3-10(4-2-9)16(22)23/h5-6,8-10H,1-4,7H2,(H2,18,21)(H,22,23). The molecule has 0 atom stereocenters. The number of fused-ring (bicyclic) bond motifs is 1. The molecule has 2 aromatic rings. The summed E-state index contributed by atoms with van der Waals surface area (Å²) in [6.07, 6.45) is 4.64. The number of carbonyl (C=O) groups excluding carboxylic acids is 1. The van der Waals surface area contributed by atoms with Crippen LogP contribution in [0.5, 0.6) is 0 Å². The van der Waals surface area contributed by atoms with E-state index < -0.39 is 17.7 Å². The van der Waals surface area contributed by atoms with Crippen LogP contribution in [0.4, 0.5) is 4.39 Å². The van der Waals surface area contributed by atoms with Crippen LogP contribution in [0.1, 0.15) is 36.0 Å². The summed E-state index contributed by atoms with van der Waals surface area (Å²) in [5, 5.41) is 9.04. The number of nitrogens with zero attached hydrogens (tertiary/aromatic N) is 2. The minimum absolute atomic E-state index is 0.145. The van der Waals surface area contributed by atoms with Gasteiger partial charge in [-0.15, -0.1) is 0 Å². The smallest absolute Gasteiger partial charge is 0.306 e. The molecule has 1 fully saturated rings. The molecule has 1 aliphatic carbocycles. The first-order valence-electron chi connectivity index (χ1n) is 7.62. The highest BCUT2D eigenvalue weighted by atomic mass is 19.1. The van der Waals surface area contributed by atoms with Crippen molar-refractivity contribution < 1.29 is 19.1 Å². The highest BCUT2D eigenvalue weighted by Crippen LogP contribution is 2.31. The Morgan fingerprint density at radius 3 is 2.61 bits per heavy atom. The van der Waals surface area contributed by atoms with Crippen molar-refractivity contribution in [3.63, 3.8) is 0 Å². The van der Waals surface area contributed by atoms with Gasteiger partial charge in [-0.1, -0.05) is 0 Å². The van der Waals surface area contributed by atoms with Gasteiger partial charge in [0.1, 0.15) is 5.82 Å². The lowest BCUT2D eigenvalue weighted by molar-refractivity contribution is -0.143. The van der Waals surface area contributed by atoms with Gasteiger partial charge in [0.2, 0.25) is 0 Å². The molecule has 1 aromatic carbocycles.